The van der Waals surface area contributed by atoms with Gasteiger partial charge in [-0.1, -0.05) is 29.8 Å². The molecule has 21 heavy (non-hydrogen) atoms. The lowest BCUT2D eigenvalue weighted by Crippen LogP contribution is -2.39. The maximum atomic E-state index is 11.7. The molecule has 3 N–H and O–H groups in total. The predicted molar refractivity (Wildman–Crippen MR) is 88.0 cm³/mol. The Morgan fingerprint density at radius 2 is 2.10 bits per heavy atom. The monoisotopic (exact) mass is 327 g/mol. The Kier molecular flexibility index (Phi) is 6.77. The second-order valence-corrected chi connectivity index (χ2v) is 5.31. The number of thiazole rings is 1. The highest BCUT2D eigenvalue weighted by molar-refractivity contribution is 7.14. The van der Waals surface area contributed by atoms with E-state index < -0.39 is 6.04 Å². The second-order valence-electron chi connectivity index (χ2n) is 4.46. The van der Waals surface area contributed by atoms with Crippen LogP contribution in [0.3, 0.4) is 0 Å². The first kappa shape index (κ1) is 17.6. The lowest BCUT2D eigenvalue weighted by Gasteiger charge is -2.08. The van der Waals surface area contributed by atoms with Crippen molar-refractivity contribution in [2.45, 2.75) is 13.0 Å². The average Bonchev–Trinajstić information content (AvgIpc) is 2.88. The molecule has 7 heteroatoms. The maximum absolute atomic E-state index is 11.7. The van der Waals surface area contributed by atoms with Gasteiger partial charge < -0.3 is 15.8 Å². The molecule has 1 aromatic heterocycles. The quantitative estimate of drug-likeness (QED) is 0.884. The lowest BCUT2D eigenvalue weighted by molar-refractivity contribution is -0.118. The third-order valence-corrected chi connectivity index (χ3v) is 3.52. The number of benzene rings is 1. The molecule has 0 aliphatic carbocycles. The van der Waals surface area contributed by atoms with Crippen molar-refractivity contribution in [1.82, 2.24) is 4.98 Å². The molecule has 1 heterocycles. The van der Waals surface area contributed by atoms with Gasteiger partial charge in [0, 0.05) is 18.1 Å². The minimum atomic E-state index is -0.688. The fraction of sp³-hybridized carbons (Fsp3) is 0.286. The number of halogens is 1. The van der Waals surface area contributed by atoms with Gasteiger partial charge in [-0.15, -0.1) is 23.7 Å². The van der Waals surface area contributed by atoms with Crippen molar-refractivity contribution in [2.75, 3.05) is 19.0 Å². The fourth-order valence-electron chi connectivity index (χ4n) is 1.64. The van der Waals surface area contributed by atoms with E-state index in [1.807, 2.05) is 36.6 Å². The van der Waals surface area contributed by atoms with Gasteiger partial charge in [-0.2, -0.15) is 0 Å². The van der Waals surface area contributed by atoms with Gasteiger partial charge in [-0.05, 0) is 6.92 Å². The SMILES string of the molecule is COCC(N)C(=O)Nc1nc(-c2ccc(C)cc2)cs1.Cl. The normalized spacial score (nSPS) is 11.6. The zero-order chi connectivity index (χ0) is 14.5. The first-order chi connectivity index (χ1) is 9.60. The summed E-state index contributed by atoms with van der Waals surface area (Å²) < 4.78 is 4.85. The number of amides is 1. The third kappa shape index (κ3) is 4.78. The van der Waals surface area contributed by atoms with Gasteiger partial charge in [-0.25, -0.2) is 4.98 Å². The summed E-state index contributed by atoms with van der Waals surface area (Å²) in [4.78, 5) is 16.1. The standard InChI is InChI=1S/C14H17N3O2S.ClH/c1-9-3-5-10(6-4-9)12-8-20-14(16-12)17-13(18)11(15)7-19-2;/h3-6,8,11H,7,15H2,1-2H3,(H,16,17,18);1H. The fourth-order valence-corrected chi connectivity index (χ4v) is 2.36. The molecule has 0 bridgehead atoms. The van der Waals surface area contributed by atoms with Crippen LogP contribution in [0, 0.1) is 6.92 Å². The molecule has 0 spiro atoms. The minimum Gasteiger partial charge on any atom is -0.383 e. The number of methoxy groups -OCH3 is 1. The van der Waals surface area contributed by atoms with Crippen molar-refractivity contribution in [3.63, 3.8) is 0 Å². The molecule has 0 aliphatic rings. The number of aromatic nitrogens is 1. The smallest absolute Gasteiger partial charge is 0.245 e. The molecule has 5 nitrogen and oxygen atoms in total. The molecule has 2 aromatic rings. The largest absolute Gasteiger partial charge is 0.383 e. The Balaban J connectivity index is 0.00000220. The van der Waals surface area contributed by atoms with Gasteiger partial charge in [0.1, 0.15) is 6.04 Å². The van der Waals surface area contributed by atoms with Crippen molar-refractivity contribution in [3.8, 4) is 11.3 Å². The van der Waals surface area contributed by atoms with Gasteiger partial charge in [0.2, 0.25) is 5.91 Å². The summed E-state index contributed by atoms with van der Waals surface area (Å²) in [7, 11) is 1.51. The number of rotatable bonds is 5. The maximum Gasteiger partial charge on any atom is 0.245 e. The average molecular weight is 328 g/mol. The number of hydrogen-bond acceptors (Lipinski definition) is 5. The Labute approximate surface area is 133 Å². The summed E-state index contributed by atoms with van der Waals surface area (Å²) in [6.45, 7) is 2.22. The molecule has 1 amide bonds. The minimum absolute atomic E-state index is 0. The topological polar surface area (TPSA) is 77.2 Å². The van der Waals surface area contributed by atoms with Crippen LogP contribution in [0.5, 0.6) is 0 Å². The van der Waals surface area contributed by atoms with Crippen molar-refractivity contribution in [1.29, 1.82) is 0 Å². The van der Waals surface area contributed by atoms with Crippen LogP contribution >= 0.6 is 23.7 Å². The predicted octanol–water partition coefficient (Wildman–Crippen LogP) is 2.45. The summed E-state index contributed by atoms with van der Waals surface area (Å²) in [5, 5.41) is 5.14. The van der Waals surface area contributed by atoms with Crippen LogP contribution < -0.4 is 11.1 Å². The van der Waals surface area contributed by atoms with Crippen molar-refractivity contribution >= 4 is 34.8 Å². The number of anilines is 1. The van der Waals surface area contributed by atoms with E-state index >= 15 is 0 Å². The molecule has 0 saturated carbocycles. The molecule has 0 radical (unpaired) electrons. The molecule has 2 rings (SSSR count). The molecule has 1 aromatic carbocycles. The summed E-state index contributed by atoms with van der Waals surface area (Å²) in [6.07, 6.45) is 0. The van der Waals surface area contributed by atoms with Crippen LogP contribution in [-0.2, 0) is 9.53 Å². The van der Waals surface area contributed by atoms with E-state index in [0.717, 1.165) is 11.3 Å². The molecular weight excluding hydrogens is 310 g/mol. The van der Waals surface area contributed by atoms with Gasteiger partial charge in [0.25, 0.3) is 0 Å². The molecule has 1 atom stereocenters. The van der Waals surface area contributed by atoms with Gasteiger partial charge >= 0.3 is 0 Å². The zero-order valence-electron chi connectivity index (χ0n) is 11.8. The van der Waals surface area contributed by atoms with Crippen molar-refractivity contribution in [2.24, 2.45) is 5.73 Å². The lowest BCUT2D eigenvalue weighted by atomic mass is 10.1. The highest BCUT2D eigenvalue weighted by Crippen LogP contribution is 2.25. The van der Waals surface area contributed by atoms with E-state index in [-0.39, 0.29) is 24.9 Å². The number of carbonyl (C=O) groups is 1. The number of carbonyl (C=O) groups excluding carboxylic acids is 1. The summed E-state index contributed by atoms with van der Waals surface area (Å²) in [5.41, 5.74) is 8.71. The highest BCUT2D eigenvalue weighted by atomic mass is 35.5. The number of nitrogens with two attached hydrogens (primary N) is 1. The van der Waals surface area contributed by atoms with Crippen molar-refractivity contribution in [3.05, 3.63) is 35.2 Å². The number of hydrogen-bond donors (Lipinski definition) is 2. The summed E-state index contributed by atoms with van der Waals surface area (Å²) >= 11 is 1.37. The number of nitrogens with one attached hydrogen (secondary N) is 1. The molecule has 0 saturated heterocycles. The highest BCUT2D eigenvalue weighted by Gasteiger charge is 2.15. The Bertz CT molecular complexity index is 586. The van der Waals surface area contributed by atoms with Crippen LogP contribution in [0.1, 0.15) is 5.56 Å². The van der Waals surface area contributed by atoms with Crippen LogP contribution in [0.25, 0.3) is 11.3 Å². The number of nitrogens with zero attached hydrogens (tertiary/aromatic N) is 1. The molecule has 114 valence electrons. The van der Waals surface area contributed by atoms with E-state index in [4.69, 9.17) is 10.5 Å². The van der Waals surface area contributed by atoms with Crippen LogP contribution in [0.15, 0.2) is 29.6 Å². The Hall–Kier alpha value is -1.47. The molecule has 0 fully saturated rings. The van der Waals surface area contributed by atoms with E-state index in [1.165, 1.54) is 24.0 Å². The zero-order valence-corrected chi connectivity index (χ0v) is 13.5. The second kappa shape index (κ2) is 8.09. The van der Waals surface area contributed by atoms with Crippen LogP contribution in [0.2, 0.25) is 0 Å². The third-order valence-electron chi connectivity index (χ3n) is 2.76. The molecule has 1 unspecified atom stereocenters. The molecular formula is C14H18ClN3O2S. The summed E-state index contributed by atoms with van der Waals surface area (Å²) in [6, 6.07) is 7.38. The van der Waals surface area contributed by atoms with Gasteiger partial charge in [-0.3, -0.25) is 4.79 Å². The van der Waals surface area contributed by atoms with Crippen molar-refractivity contribution < 1.29 is 9.53 Å². The van der Waals surface area contributed by atoms with Gasteiger partial charge in [0.05, 0.1) is 12.3 Å². The van der Waals surface area contributed by atoms with E-state index in [2.05, 4.69) is 10.3 Å². The van der Waals surface area contributed by atoms with Crippen LogP contribution in [-0.4, -0.2) is 30.6 Å². The first-order valence-electron chi connectivity index (χ1n) is 6.18. The number of aryl methyl sites for hydroxylation is 1. The Morgan fingerprint density at radius 3 is 2.71 bits per heavy atom. The van der Waals surface area contributed by atoms with Crippen LogP contribution in [0.4, 0.5) is 5.13 Å². The summed E-state index contributed by atoms with van der Waals surface area (Å²) in [5.74, 6) is -0.295. The molecule has 0 aliphatic heterocycles. The van der Waals surface area contributed by atoms with E-state index in [9.17, 15) is 4.79 Å². The van der Waals surface area contributed by atoms with Gasteiger partial charge in [0.15, 0.2) is 5.13 Å². The number of ether oxygens (including phenoxy) is 1. The van der Waals surface area contributed by atoms with E-state index in [1.54, 1.807) is 0 Å². The Morgan fingerprint density at radius 1 is 1.43 bits per heavy atom. The first-order valence-corrected chi connectivity index (χ1v) is 7.06. The van der Waals surface area contributed by atoms with E-state index in [0.29, 0.717) is 5.13 Å².